The highest BCUT2D eigenvalue weighted by Crippen LogP contribution is 2.18. The first-order valence-electron chi connectivity index (χ1n) is 4.25. The van der Waals surface area contributed by atoms with E-state index in [4.69, 9.17) is 12.2 Å². The van der Waals surface area contributed by atoms with Crippen LogP contribution in [-0.2, 0) is 4.79 Å². The normalized spacial score (nSPS) is 11.5. The molecule has 1 rings (SSSR count). The van der Waals surface area contributed by atoms with Gasteiger partial charge in [-0.2, -0.15) is 0 Å². The van der Waals surface area contributed by atoms with Gasteiger partial charge < -0.3 is 11.1 Å². The monoisotopic (exact) mass is 267 g/mol. The van der Waals surface area contributed by atoms with E-state index in [2.05, 4.69) is 32.2 Å². The Morgan fingerprint density at radius 3 is 3.13 bits per heavy atom. The zero-order valence-electron chi connectivity index (χ0n) is 7.90. The number of carbonyl (C=O) groups excluding carboxylic acids is 1. The van der Waals surface area contributed by atoms with Crippen molar-refractivity contribution in [3.63, 3.8) is 0 Å². The van der Waals surface area contributed by atoms with E-state index in [1.165, 1.54) is 0 Å². The highest BCUT2D eigenvalue weighted by molar-refractivity contribution is 9.10. The van der Waals surface area contributed by atoms with Crippen LogP contribution < -0.4 is 11.1 Å². The summed E-state index contributed by atoms with van der Waals surface area (Å²) in [6, 6.07) is 2.82. The van der Waals surface area contributed by atoms with Crippen LogP contribution >= 0.6 is 15.9 Å². The SMILES string of the molecule is C#CCC(N)C(=O)Nc1ncccc1Br. The van der Waals surface area contributed by atoms with Gasteiger partial charge in [-0.05, 0) is 28.1 Å². The third kappa shape index (κ3) is 3.35. The second kappa shape index (κ2) is 5.49. The summed E-state index contributed by atoms with van der Waals surface area (Å²) in [5, 5.41) is 2.58. The van der Waals surface area contributed by atoms with E-state index in [-0.39, 0.29) is 12.3 Å². The molecule has 78 valence electrons. The molecule has 1 atom stereocenters. The average Bonchev–Trinajstić information content (AvgIpc) is 2.21. The van der Waals surface area contributed by atoms with Gasteiger partial charge in [-0.1, -0.05) is 0 Å². The molecule has 1 heterocycles. The summed E-state index contributed by atoms with van der Waals surface area (Å²) in [7, 11) is 0. The number of hydrogen-bond acceptors (Lipinski definition) is 3. The summed E-state index contributed by atoms with van der Waals surface area (Å²) in [5.74, 6) is 2.43. The smallest absolute Gasteiger partial charge is 0.243 e. The second-order valence-corrected chi connectivity index (χ2v) is 3.69. The van der Waals surface area contributed by atoms with Gasteiger partial charge in [0.1, 0.15) is 5.82 Å². The molecule has 1 unspecified atom stereocenters. The minimum Gasteiger partial charge on any atom is -0.319 e. The van der Waals surface area contributed by atoms with Gasteiger partial charge in [-0.15, -0.1) is 12.3 Å². The van der Waals surface area contributed by atoms with Gasteiger partial charge in [0.2, 0.25) is 5.91 Å². The van der Waals surface area contributed by atoms with Crippen molar-refractivity contribution in [1.82, 2.24) is 4.98 Å². The minimum absolute atomic E-state index is 0.205. The summed E-state index contributed by atoms with van der Waals surface area (Å²) in [6.07, 6.45) is 6.84. The molecule has 0 spiro atoms. The number of nitrogens with zero attached hydrogens (tertiary/aromatic N) is 1. The fourth-order valence-electron chi connectivity index (χ4n) is 0.907. The van der Waals surface area contributed by atoms with Crippen LogP contribution in [0.4, 0.5) is 5.82 Å². The lowest BCUT2D eigenvalue weighted by atomic mass is 10.2. The lowest BCUT2D eigenvalue weighted by Gasteiger charge is -2.09. The molecule has 15 heavy (non-hydrogen) atoms. The van der Waals surface area contributed by atoms with Crippen molar-refractivity contribution in [3.8, 4) is 12.3 Å². The number of halogens is 1. The summed E-state index contributed by atoms with van der Waals surface area (Å²) >= 11 is 3.25. The molecule has 0 aliphatic carbocycles. The van der Waals surface area contributed by atoms with E-state index < -0.39 is 6.04 Å². The van der Waals surface area contributed by atoms with Gasteiger partial charge in [0, 0.05) is 12.6 Å². The summed E-state index contributed by atoms with van der Waals surface area (Å²) in [5.41, 5.74) is 5.53. The van der Waals surface area contributed by atoms with Crippen LogP contribution in [0.3, 0.4) is 0 Å². The molecule has 0 fully saturated rings. The Hall–Kier alpha value is -1.38. The van der Waals surface area contributed by atoms with Gasteiger partial charge in [-0.25, -0.2) is 4.98 Å². The van der Waals surface area contributed by atoms with Crippen LogP contribution in [0.1, 0.15) is 6.42 Å². The van der Waals surface area contributed by atoms with E-state index in [0.717, 1.165) is 0 Å². The van der Waals surface area contributed by atoms with E-state index in [1.807, 2.05) is 0 Å². The lowest BCUT2D eigenvalue weighted by Crippen LogP contribution is -2.35. The summed E-state index contributed by atoms with van der Waals surface area (Å²) < 4.78 is 0.700. The Morgan fingerprint density at radius 1 is 1.80 bits per heavy atom. The zero-order valence-corrected chi connectivity index (χ0v) is 9.49. The lowest BCUT2D eigenvalue weighted by molar-refractivity contribution is -0.117. The maximum atomic E-state index is 11.5. The zero-order chi connectivity index (χ0) is 11.3. The molecule has 1 aromatic heterocycles. The number of nitrogens with one attached hydrogen (secondary N) is 1. The van der Waals surface area contributed by atoms with Crippen LogP contribution in [0.5, 0.6) is 0 Å². The number of carbonyl (C=O) groups is 1. The van der Waals surface area contributed by atoms with Gasteiger partial charge in [-0.3, -0.25) is 4.79 Å². The molecule has 0 saturated carbocycles. The van der Waals surface area contributed by atoms with E-state index in [0.29, 0.717) is 10.3 Å². The Morgan fingerprint density at radius 2 is 2.53 bits per heavy atom. The van der Waals surface area contributed by atoms with Crippen LogP contribution in [0.25, 0.3) is 0 Å². The molecule has 4 nitrogen and oxygen atoms in total. The number of amides is 1. The number of pyridine rings is 1. The summed E-state index contributed by atoms with van der Waals surface area (Å²) in [4.78, 5) is 15.4. The van der Waals surface area contributed by atoms with Gasteiger partial charge >= 0.3 is 0 Å². The maximum Gasteiger partial charge on any atom is 0.243 e. The predicted molar refractivity (Wildman–Crippen MR) is 62.0 cm³/mol. The standard InChI is InChI=1S/C10H10BrN3O/c1-2-4-8(12)10(15)14-9-7(11)5-3-6-13-9/h1,3,5-6,8H,4,12H2,(H,13,14,15). The van der Waals surface area contributed by atoms with E-state index in [9.17, 15) is 4.79 Å². The fraction of sp³-hybridized carbons (Fsp3) is 0.200. The van der Waals surface area contributed by atoms with Crippen LogP contribution in [-0.4, -0.2) is 16.9 Å². The molecule has 0 aliphatic heterocycles. The highest BCUT2D eigenvalue weighted by Gasteiger charge is 2.13. The quantitative estimate of drug-likeness (QED) is 0.807. The van der Waals surface area contributed by atoms with Crippen molar-refractivity contribution < 1.29 is 4.79 Å². The molecule has 0 radical (unpaired) electrons. The third-order valence-electron chi connectivity index (χ3n) is 1.67. The average molecular weight is 268 g/mol. The van der Waals surface area contributed by atoms with Crippen molar-refractivity contribution in [2.75, 3.05) is 5.32 Å². The maximum absolute atomic E-state index is 11.5. The van der Waals surface area contributed by atoms with E-state index in [1.54, 1.807) is 18.3 Å². The van der Waals surface area contributed by atoms with Crippen LogP contribution in [0, 0.1) is 12.3 Å². The molecule has 3 N–H and O–H groups in total. The van der Waals surface area contributed by atoms with Crippen molar-refractivity contribution in [2.24, 2.45) is 5.73 Å². The van der Waals surface area contributed by atoms with Gasteiger partial charge in [0.05, 0.1) is 10.5 Å². The number of aromatic nitrogens is 1. The van der Waals surface area contributed by atoms with Crippen molar-refractivity contribution in [2.45, 2.75) is 12.5 Å². The van der Waals surface area contributed by atoms with Crippen molar-refractivity contribution >= 4 is 27.7 Å². The number of hydrogen-bond donors (Lipinski definition) is 2. The molecule has 0 aliphatic rings. The number of rotatable bonds is 3. The van der Waals surface area contributed by atoms with Gasteiger partial charge in [0.25, 0.3) is 0 Å². The first kappa shape index (κ1) is 11.7. The highest BCUT2D eigenvalue weighted by atomic mass is 79.9. The van der Waals surface area contributed by atoms with Crippen LogP contribution in [0.15, 0.2) is 22.8 Å². The van der Waals surface area contributed by atoms with Gasteiger partial charge in [0.15, 0.2) is 0 Å². The third-order valence-corrected chi connectivity index (χ3v) is 2.31. The molecule has 5 heteroatoms. The summed E-state index contributed by atoms with van der Waals surface area (Å²) in [6.45, 7) is 0. The molecule has 0 saturated heterocycles. The largest absolute Gasteiger partial charge is 0.319 e. The Bertz CT molecular complexity index is 400. The first-order chi connectivity index (χ1) is 7.15. The van der Waals surface area contributed by atoms with E-state index >= 15 is 0 Å². The molecular formula is C10H10BrN3O. The van der Waals surface area contributed by atoms with Crippen molar-refractivity contribution in [1.29, 1.82) is 0 Å². The van der Waals surface area contributed by atoms with Crippen molar-refractivity contribution in [3.05, 3.63) is 22.8 Å². The molecule has 1 aromatic rings. The molecule has 1 amide bonds. The second-order valence-electron chi connectivity index (χ2n) is 2.84. The minimum atomic E-state index is -0.705. The Kier molecular flexibility index (Phi) is 4.28. The molecule has 0 bridgehead atoms. The number of nitrogens with two attached hydrogens (primary N) is 1. The number of anilines is 1. The predicted octanol–water partition coefficient (Wildman–Crippen LogP) is 1.13. The molecule has 0 aromatic carbocycles. The first-order valence-corrected chi connectivity index (χ1v) is 5.05. The Balaban J connectivity index is 2.67. The molecular weight excluding hydrogens is 258 g/mol. The topological polar surface area (TPSA) is 68.0 Å². The number of terminal acetylenes is 1. The Labute approximate surface area is 96.4 Å². The van der Waals surface area contributed by atoms with Crippen LogP contribution in [0.2, 0.25) is 0 Å². The fourth-order valence-corrected chi connectivity index (χ4v) is 1.26.